The number of rotatable bonds is 4. The molecule has 0 saturated carbocycles. The van der Waals surface area contributed by atoms with Crippen LogP contribution in [0.1, 0.15) is 23.0 Å². The van der Waals surface area contributed by atoms with Crippen molar-refractivity contribution in [3.63, 3.8) is 0 Å². The van der Waals surface area contributed by atoms with Crippen LogP contribution in [0, 0.1) is 11.8 Å². The highest BCUT2D eigenvalue weighted by atomic mass is 79.9. The largest absolute Gasteiger partial charge is 0.481 e. The molecule has 0 aromatic heterocycles. The van der Waals surface area contributed by atoms with E-state index in [0.717, 1.165) is 33.2 Å². The Labute approximate surface area is 192 Å². The molecule has 4 atom stereocenters. The number of carboxylic acids is 2. The predicted molar refractivity (Wildman–Crippen MR) is 122 cm³/mol. The fraction of sp³-hybridized carbons (Fsp3) is 0.364. The first-order chi connectivity index (χ1) is 14.4. The summed E-state index contributed by atoms with van der Waals surface area (Å²) in [7, 11) is 0. The van der Waals surface area contributed by atoms with Crippen LogP contribution in [0.5, 0.6) is 0 Å². The molecule has 0 amide bonds. The molecular weight excluding hydrogens is 516 g/mol. The Balaban J connectivity index is 0.000000171. The van der Waals surface area contributed by atoms with E-state index in [4.69, 9.17) is 10.2 Å². The summed E-state index contributed by atoms with van der Waals surface area (Å²) >= 11 is 6.76. The first-order valence-corrected chi connectivity index (χ1v) is 11.3. The lowest BCUT2D eigenvalue weighted by molar-refractivity contribution is -0.142. The SMILES string of the molecule is O=C(O)C1CNCC1c1cccc(Br)c1.O=C(O)[C@@H]1CNC[C@H]1c1ccc(Br)cc1. The zero-order chi connectivity index (χ0) is 21.7. The molecule has 6 nitrogen and oxygen atoms in total. The van der Waals surface area contributed by atoms with Gasteiger partial charge in [0.2, 0.25) is 0 Å². The lowest BCUT2D eigenvalue weighted by atomic mass is 9.89. The summed E-state index contributed by atoms with van der Waals surface area (Å²) in [4.78, 5) is 22.0. The number of hydrogen-bond acceptors (Lipinski definition) is 4. The van der Waals surface area contributed by atoms with E-state index < -0.39 is 11.9 Å². The van der Waals surface area contributed by atoms with Gasteiger partial charge in [0.05, 0.1) is 11.8 Å². The first-order valence-electron chi connectivity index (χ1n) is 9.74. The maximum Gasteiger partial charge on any atom is 0.308 e. The minimum atomic E-state index is -0.718. The standard InChI is InChI=1S/2C11H12BrNO2/c12-8-3-1-7(2-4-8)9-5-13-6-10(9)11(14)15;12-8-3-1-2-7(4-8)9-5-13-6-10(9)11(14)15/h2*1-4,9-10,13H,5-6H2,(H,14,15)/t9-,10+;/m0./s1. The van der Waals surface area contributed by atoms with E-state index >= 15 is 0 Å². The van der Waals surface area contributed by atoms with Crippen molar-refractivity contribution in [2.24, 2.45) is 11.8 Å². The summed E-state index contributed by atoms with van der Waals surface area (Å²) < 4.78 is 2.01. The molecule has 2 unspecified atom stereocenters. The van der Waals surface area contributed by atoms with Crippen molar-refractivity contribution in [3.8, 4) is 0 Å². The maximum absolute atomic E-state index is 11.0. The first kappa shape index (κ1) is 22.9. The highest BCUT2D eigenvalue weighted by Crippen LogP contribution is 2.30. The smallest absolute Gasteiger partial charge is 0.308 e. The van der Waals surface area contributed by atoms with Gasteiger partial charge in [0.15, 0.2) is 0 Å². The second-order valence-corrected chi connectivity index (χ2v) is 9.36. The maximum atomic E-state index is 11.0. The molecule has 2 saturated heterocycles. The molecule has 4 rings (SSSR count). The molecule has 2 aromatic rings. The van der Waals surface area contributed by atoms with Gasteiger partial charge in [-0.25, -0.2) is 0 Å². The molecule has 160 valence electrons. The summed E-state index contributed by atoms with van der Waals surface area (Å²) in [5.41, 5.74) is 2.18. The highest BCUT2D eigenvalue weighted by molar-refractivity contribution is 9.10. The number of carboxylic acid groups (broad SMARTS) is 2. The van der Waals surface area contributed by atoms with Gasteiger partial charge >= 0.3 is 11.9 Å². The molecule has 0 spiro atoms. The zero-order valence-corrected chi connectivity index (χ0v) is 19.4. The molecule has 0 aliphatic carbocycles. The second kappa shape index (κ2) is 10.5. The normalized spacial score (nSPS) is 25.4. The average molecular weight is 540 g/mol. The minimum absolute atomic E-state index is 0.0833. The van der Waals surface area contributed by atoms with E-state index in [1.165, 1.54) is 0 Å². The van der Waals surface area contributed by atoms with E-state index in [9.17, 15) is 9.59 Å². The van der Waals surface area contributed by atoms with Crippen LogP contribution >= 0.6 is 31.9 Å². The molecule has 2 aromatic carbocycles. The van der Waals surface area contributed by atoms with E-state index in [2.05, 4.69) is 42.5 Å². The summed E-state index contributed by atoms with van der Waals surface area (Å²) in [5.74, 6) is -1.86. The van der Waals surface area contributed by atoms with Gasteiger partial charge in [0.25, 0.3) is 0 Å². The van der Waals surface area contributed by atoms with Gasteiger partial charge < -0.3 is 20.8 Å². The van der Waals surface area contributed by atoms with Crippen molar-refractivity contribution < 1.29 is 19.8 Å². The Kier molecular flexibility index (Phi) is 8.05. The van der Waals surface area contributed by atoms with Gasteiger partial charge in [-0.2, -0.15) is 0 Å². The summed E-state index contributed by atoms with van der Waals surface area (Å²) in [6.45, 7) is 2.62. The Morgan fingerprint density at radius 2 is 1.27 bits per heavy atom. The topological polar surface area (TPSA) is 98.7 Å². The molecule has 30 heavy (non-hydrogen) atoms. The minimum Gasteiger partial charge on any atom is -0.481 e. The van der Waals surface area contributed by atoms with Crippen LogP contribution in [0.4, 0.5) is 0 Å². The van der Waals surface area contributed by atoms with Gasteiger partial charge in [0.1, 0.15) is 0 Å². The third-order valence-corrected chi connectivity index (χ3v) is 6.66. The molecule has 2 heterocycles. The molecule has 8 heteroatoms. The van der Waals surface area contributed by atoms with E-state index in [1.54, 1.807) is 0 Å². The number of aliphatic carboxylic acids is 2. The third-order valence-electron chi connectivity index (χ3n) is 5.64. The Bertz CT molecular complexity index is 891. The fourth-order valence-corrected chi connectivity index (χ4v) is 4.71. The van der Waals surface area contributed by atoms with Gasteiger partial charge in [-0.15, -0.1) is 0 Å². The average Bonchev–Trinajstić information content (AvgIpc) is 3.39. The van der Waals surface area contributed by atoms with Crippen molar-refractivity contribution in [2.45, 2.75) is 11.8 Å². The Hall–Kier alpha value is -1.74. The van der Waals surface area contributed by atoms with Gasteiger partial charge in [-0.3, -0.25) is 9.59 Å². The second-order valence-electron chi connectivity index (χ2n) is 7.53. The highest BCUT2D eigenvalue weighted by Gasteiger charge is 2.34. The van der Waals surface area contributed by atoms with Gasteiger partial charge in [-0.05, 0) is 35.4 Å². The van der Waals surface area contributed by atoms with Crippen LogP contribution in [0.25, 0.3) is 0 Å². The number of benzene rings is 2. The number of nitrogens with one attached hydrogen (secondary N) is 2. The number of halogens is 2. The molecule has 2 fully saturated rings. The summed E-state index contributed by atoms with van der Waals surface area (Å²) in [5, 5.41) is 24.4. The van der Waals surface area contributed by atoms with E-state index in [1.807, 2.05) is 48.5 Å². The monoisotopic (exact) mass is 538 g/mol. The van der Waals surface area contributed by atoms with Crippen LogP contribution in [0.2, 0.25) is 0 Å². The fourth-order valence-electron chi connectivity index (χ4n) is 4.02. The Morgan fingerprint density at radius 3 is 1.77 bits per heavy atom. The number of carbonyl (C=O) groups is 2. The zero-order valence-electron chi connectivity index (χ0n) is 16.2. The van der Waals surface area contributed by atoms with Crippen LogP contribution < -0.4 is 10.6 Å². The molecule has 2 aliphatic heterocycles. The quantitative estimate of drug-likeness (QED) is 0.473. The van der Waals surface area contributed by atoms with Crippen molar-refractivity contribution in [2.75, 3.05) is 26.2 Å². The molecular formula is C22H24Br2N2O4. The van der Waals surface area contributed by atoms with Crippen molar-refractivity contribution in [1.82, 2.24) is 10.6 Å². The van der Waals surface area contributed by atoms with Crippen molar-refractivity contribution in [1.29, 1.82) is 0 Å². The molecule has 0 radical (unpaired) electrons. The van der Waals surface area contributed by atoms with Crippen LogP contribution in [-0.4, -0.2) is 48.3 Å². The van der Waals surface area contributed by atoms with Gasteiger partial charge in [0, 0.05) is 47.0 Å². The summed E-state index contributed by atoms with van der Waals surface area (Å²) in [6.07, 6.45) is 0. The lowest BCUT2D eigenvalue weighted by Gasteiger charge is -2.15. The molecule has 4 N–H and O–H groups in total. The summed E-state index contributed by atoms with van der Waals surface area (Å²) in [6, 6.07) is 15.7. The van der Waals surface area contributed by atoms with E-state index in [0.29, 0.717) is 13.1 Å². The number of hydrogen-bond donors (Lipinski definition) is 4. The van der Waals surface area contributed by atoms with Crippen molar-refractivity contribution in [3.05, 3.63) is 68.6 Å². The van der Waals surface area contributed by atoms with Crippen LogP contribution in [0.3, 0.4) is 0 Å². The predicted octanol–water partition coefficient (Wildman–Crippen LogP) is 3.67. The molecule has 0 bridgehead atoms. The van der Waals surface area contributed by atoms with Gasteiger partial charge in [-0.1, -0.05) is 56.1 Å². The van der Waals surface area contributed by atoms with Crippen LogP contribution in [0.15, 0.2) is 57.5 Å². The molecule has 2 aliphatic rings. The Morgan fingerprint density at radius 1 is 0.733 bits per heavy atom. The van der Waals surface area contributed by atoms with Crippen LogP contribution in [-0.2, 0) is 9.59 Å². The lowest BCUT2D eigenvalue weighted by Crippen LogP contribution is -2.20. The third kappa shape index (κ3) is 5.69. The van der Waals surface area contributed by atoms with Crippen molar-refractivity contribution >= 4 is 43.8 Å². The van der Waals surface area contributed by atoms with E-state index in [-0.39, 0.29) is 23.7 Å².